The SMILES string of the molecule is CC(C)(C(Br)Cc1ccsc1)S(C)(=O)=O. The number of halogens is 1. The second-order valence-electron chi connectivity index (χ2n) is 4.18. The van der Waals surface area contributed by atoms with E-state index in [0.717, 1.165) is 6.42 Å². The molecule has 0 fully saturated rings. The second-order valence-corrected chi connectivity index (χ2v) is 8.66. The van der Waals surface area contributed by atoms with Crippen molar-refractivity contribution in [1.82, 2.24) is 0 Å². The summed E-state index contributed by atoms with van der Waals surface area (Å²) in [5.74, 6) is 0. The van der Waals surface area contributed by atoms with Crippen LogP contribution in [0.25, 0.3) is 0 Å². The van der Waals surface area contributed by atoms with Crippen LogP contribution in [0.2, 0.25) is 0 Å². The average molecular weight is 311 g/mol. The molecule has 0 bridgehead atoms. The van der Waals surface area contributed by atoms with Crippen LogP contribution in [0.4, 0.5) is 0 Å². The Hall–Kier alpha value is 0.130. The summed E-state index contributed by atoms with van der Waals surface area (Å²) in [4.78, 5) is -0.0606. The van der Waals surface area contributed by atoms with E-state index in [-0.39, 0.29) is 4.83 Å². The number of hydrogen-bond acceptors (Lipinski definition) is 3. The van der Waals surface area contributed by atoms with E-state index >= 15 is 0 Å². The third kappa shape index (κ3) is 3.04. The van der Waals surface area contributed by atoms with Crippen LogP contribution in [0.1, 0.15) is 19.4 Å². The van der Waals surface area contributed by atoms with Crippen LogP contribution in [0, 0.1) is 0 Å². The number of sulfone groups is 1. The van der Waals surface area contributed by atoms with Crippen molar-refractivity contribution in [3.63, 3.8) is 0 Å². The van der Waals surface area contributed by atoms with E-state index in [9.17, 15) is 8.42 Å². The minimum Gasteiger partial charge on any atom is -0.229 e. The molecule has 5 heteroatoms. The van der Waals surface area contributed by atoms with Crippen LogP contribution in [0.15, 0.2) is 16.8 Å². The van der Waals surface area contributed by atoms with E-state index in [1.54, 1.807) is 25.2 Å². The summed E-state index contributed by atoms with van der Waals surface area (Å²) >= 11 is 5.11. The molecule has 15 heavy (non-hydrogen) atoms. The Morgan fingerprint density at radius 1 is 1.53 bits per heavy atom. The quantitative estimate of drug-likeness (QED) is 0.801. The molecule has 0 aliphatic heterocycles. The summed E-state index contributed by atoms with van der Waals surface area (Å²) in [6, 6.07) is 2.03. The van der Waals surface area contributed by atoms with Gasteiger partial charge in [0.2, 0.25) is 0 Å². The maximum atomic E-state index is 11.6. The highest BCUT2D eigenvalue weighted by Crippen LogP contribution is 2.29. The number of rotatable bonds is 4. The van der Waals surface area contributed by atoms with Crippen LogP contribution in [0.3, 0.4) is 0 Å². The molecule has 1 rings (SSSR count). The fourth-order valence-electron chi connectivity index (χ4n) is 1.09. The molecule has 0 amide bonds. The molecule has 0 saturated carbocycles. The fraction of sp³-hybridized carbons (Fsp3) is 0.600. The summed E-state index contributed by atoms with van der Waals surface area (Å²) in [6.45, 7) is 3.52. The van der Waals surface area contributed by atoms with Gasteiger partial charge < -0.3 is 0 Å². The molecule has 0 aromatic carbocycles. The van der Waals surface area contributed by atoms with Crippen molar-refractivity contribution < 1.29 is 8.42 Å². The van der Waals surface area contributed by atoms with E-state index in [2.05, 4.69) is 15.9 Å². The Morgan fingerprint density at radius 3 is 2.53 bits per heavy atom. The lowest BCUT2D eigenvalue weighted by molar-refractivity contribution is 0.542. The molecule has 0 N–H and O–H groups in total. The molecule has 1 heterocycles. The molecule has 1 aromatic rings. The maximum Gasteiger partial charge on any atom is 0.153 e. The van der Waals surface area contributed by atoms with Gasteiger partial charge in [0.25, 0.3) is 0 Å². The van der Waals surface area contributed by atoms with Gasteiger partial charge in [0.1, 0.15) is 0 Å². The minimum absolute atomic E-state index is 0.0606. The lowest BCUT2D eigenvalue weighted by atomic mass is 10.0. The number of hydrogen-bond donors (Lipinski definition) is 0. The van der Waals surface area contributed by atoms with Crippen molar-refractivity contribution in [2.45, 2.75) is 29.8 Å². The van der Waals surface area contributed by atoms with E-state index in [1.807, 2.05) is 16.8 Å². The zero-order valence-electron chi connectivity index (χ0n) is 9.03. The first-order valence-electron chi connectivity index (χ1n) is 4.60. The average Bonchev–Trinajstić information content (AvgIpc) is 2.54. The van der Waals surface area contributed by atoms with E-state index in [1.165, 1.54) is 11.8 Å². The molecule has 0 aliphatic carbocycles. The van der Waals surface area contributed by atoms with Crippen LogP contribution < -0.4 is 0 Å². The van der Waals surface area contributed by atoms with Crippen molar-refractivity contribution in [3.05, 3.63) is 22.4 Å². The molecule has 0 aliphatic rings. The second kappa shape index (κ2) is 4.55. The predicted octanol–water partition coefficient (Wildman–Crippen LogP) is 2.88. The molecule has 1 atom stereocenters. The van der Waals surface area contributed by atoms with Crippen molar-refractivity contribution in [3.8, 4) is 0 Å². The zero-order valence-corrected chi connectivity index (χ0v) is 12.2. The summed E-state index contributed by atoms with van der Waals surface area (Å²) in [5.41, 5.74) is 1.18. The van der Waals surface area contributed by atoms with Gasteiger partial charge in [-0.25, -0.2) is 8.42 Å². The van der Waals surface area contributed by atoms with Gasteiger partial charge in [0.05, 0.1) is 4.75 Å². The smallest absolute Gasteiger partial charge is 0.153 e. The maximum absolute atomic E-state index is 11.6. The standard InChI is InChI=1S/C10H15BrO2S2/c1-10(2,15(3,12)13)9(11)6-8-4-5-14-7-8/h4-5,7,9H,6H2,1-3H3. The van der Waals surface area contributed by atoms with Crippen LogP contribution in [-0.4, -0.2) is 24.2 Å². The third-order valence-electron chi connectivity index (χ3n) is 2.71. The van der Waals surface area contributed by atoms with Gasteiger partial charge in [-0.3, -0.25) is 0 Å². The minimum atomic E-state index is -3.05. The Balaban J connectivity index is 2.81. The van der Waals surface area contributed by atoms with Crippen molar-refractivity contribution in [2.75, 3.05) is 6.26 Å². The highest BCUT2D eigenvalue weighted by atomic mass is 79.9. The molecule has 1 unspecified atom stereocenters. The molecular formula is C10H15BrO2S2. The predicted molar refractivity (Wildman–Crippen MR) is 69.7 cm³/mol. The van der Waals surface area contributed by atoms with E-state index in [0.29, 0.717) is 0 Å². The van der Waals surface area contributed by atoms with Gasteiger partial charge in [-0.05, 0) is 42.7 Å². The first kappa shape index (κ1) is 13.2. The Labute approximate surface area is 104 Å². The highest BCUT2D eigenvalue weighted by molar-refractivity contribution is 9.09. The molecule has 0 saturated heterocycles. The summed E-state index contributed by atoms with van der Waals surface area (Å²) in [6.07, 6.45) is 2.03. The molecule has 0 spiro atoms. The molecule has 1 aromatic heterocycles. The first-order valence-corrected chi connectivity index (χ1v) is 8.35. The normalized spacial score (nSPS) is 15.2. The van der Waals surface area contributed by atoms with Crippen molar-refractivity contribution >= 4 is 37.1 Å². The third-order valence-corrected chi connectivity index (χ3v) is 7.40. The van der Waals surface area contributed by atoms with Gasteiger partial charge in [0.15, 0.2) is 9.84 Å². The largest absolute Gasteiger partial charge is 0.229 e. The Bertz CT molecular complexity index is 407. The van der Waals surface area contributed by atoms with Gasteiger partial charge >= 0.3 is 0 Å². The zero-order chi connectivity index (χ0) is 11.7. The monoisotopic (exact) mass is 310 g/mol. The number of alkyl halides is 1. The van der Waals surface area contributed by atoms with Gasteiger partial charge in [-0.2, -0.15) is 11.3 Å². The van der Waals surface area contributed by atoms with Crippen molar-refractivity contribution in [2.24, 2.45) is 0 Å². The summed E-state index contributed by atoms with van der Waals surface area (Å²) in [5, 5.41) is 4.05. The molecule has 86 valence electrons. The van der Waals surface area contributed by atoms with E-state index < -0.39 is 14.6 Å². The lowest BCUT2D eigenvalue weighted by Gasteiger charge is -2.28. The van der Waals surface area contributed by atoms with Crippen LogP contribution in [0.5, 0.6) is 0 Å². The fourth-order valence-corrected chi connectivity index (χ4v) is 3.72. The first-order chi connectivity index (χ1) is 6.75. The van der Waals surface area contributed by atoms with Crippen LogP contribution in [-0.2, 0) is 16.3 Å². The Kier molecular flexibility index (Phi) is 4.01. The van der Waals surface area contributed by atoms with Gasteiger partial charge in [-0.1, -0.05) is 15.9 Å². The van der Waals surface area contributed by atoms with Crippen molar-refractivity contribution in [1.29, 1.82) is 0 Å². The van der Waals surface area contributed by atoms with Gasteiger partial charge in [0, 0.05) is 11.1 Å². The number of thiophene rings is 1. The summed E-state index contributed by atoms with van der Waals surface area (Å²) in [7, 11) is -3.05. The lowest BCUT2D eigenvalue weighted by Crippen LogP contribution is -2.41. The Morgan fingerprint density at radius 2 is 2.13 bits per heavy atom. The molecule has 2 nitrogen and oxygen atoms in total. The molecule has 0 radical (unpaired) electrons. The van der Waals surface area contributed by atoms with Crippen LogP contribution >= 0.6 is 27.3 Å². The topological polar surface area (TPSA) is 34.1 Å². The van der Waals surface area contributed by atoms with Gasteiger partial charge in [-0.15, -0.1) is 0 Å². The summed E-state index contributed by atoms with van der Waals surface area (Å²) < 4.78 is 22.4. The van der Waals surface area contributed by atoms with E-state index in [4.69, 9.17) is 0 Å². The molecular weight excluding hydrogens is 296 g/mol. The highest BCUT2D eigenvalue weighted by Gasteiger charge is 2.37.